The third-order valence-corrected chi connectivity index (χ3v) is 6.05. The number of amides is 1. The summed E-state index contributed by atoms with van der Waals surface area (Å²) in [6.07, 6.45) is 4.20. The van der Waals surface area contributed by atoms with Crippen molar-refractivity contribution in [1.29, 1.82) is 0 Å². The average molecular weight is 345 g/mol. The van der Waals surface area contributed by atoms with Crippen molar-refractivity contribution in [2.24, 2.45) is 11.7 Å². The smallest absolute Gasteiger partial charge is 0.407 e. The Balaban J connectivity index is 2.11. The molecule has 0 aliphatic carbocycles. The molecule has 1 amide bonds. The molecule has 23 heavy (non-hydrogen) atoms. The van der Waals surface area contributed by atoms with Gasteiger partial charge in [-0.15, -0.1) is 0 Å². The van der Waals surface area contributed by atoms with Crippen molar-refractivity contribution in [1.82, 2.24) is 5.32 Å². The zero-order chi connectivity index (χ0) is 17.5. The number of alkyl carbamates (subject to hydrolysis) is 1. The van der Waals surface area contributed by atoms with Crippen LogP contribution in [0, 0.1) is 5.92 Å². The topological polar surface area (TPSA) is 73.6 Å². The van der Waals surface area contributed by atoms with E-state index in [0.717, 1.165) is 31.7 Å². The number of hydrogen-bond donors (Lipinski definition) is 2. The van der Waals surface area contributed by atoms with E-state index in [2.05, 4.69) is 38.8 Å². The SMILES string of the molecule is CC1CC(CC(N)CCOC(=O)NCC[Si](C)(C)C)CC(C)O1. The largest absolute Gasteiger partial charge is 0.450 e. The fourth-order valence-electron chi connectivity index (χ4n) is 3.17. The molecule has 1 aliphatic rings. The van der Waals surface area contributed by atoms with Crippen LogP contribution < -0.4 is 11.1 Å². The second kappa shape index (κ2) is 9.64. The highest BCUT2D eigenvalue weighted by Gasteiger charge is 2.25. The standard InChI is InChI=1S/C17H36N2O3Si/c1-13-10-15(11-14(2)22-13)12-16(18)6-8-21-17(20)19-7-9-23(3,4)5/h13-16H,6-12,18H2,1-5H3,(H,19,20). The lowest BCUT2D eigenvalue weighted by molar-refractivity contribution is -0.0545. The van der Waals surface area contributed by atoms with Crippen LogP contribution in [0.25, 0.3) is 0 Å². The minimum absolute atomic E-state index is 0.0901. The molecule has 3 atom stereocenters. The highest BCUT2D eigenvalue weighted by Crippen LogP contribution is 2.28. The lowest BCUT2D eigenvalue weighted by atomic mass is 9.87. The van der Waals surface area contributed by atoms with E-state index < -0.39 is 8.07 Å². The third-order valence-electron chi connectivity index (χ3n) is 4.30. The van der Waals surface area contributed by atoms with Crippen LogP contribution in [0.4, 0.5) is 4.79 Å². The van der Waals surface area contributed by atoms with Gasteiger partial charge in [-0.3, -0.25) is 0 Å². The zero-order valence-corrected chi connectivity index (χ0v) is 16.6. The van der Waals surface area contributed by atoms with Crippen LogP contribution in [0.3, 0.4) is 0 Å². The van der Waals surface area contributed by atoms with Gasteiger partial charge in [-0.1, -0.05) is 19.6 Å². The minimum Gasteiger partial charge on any atom is -0.450 e. The maximum absolute atomic E-state index is 11.6. The fraction of sp³-hybridized carbons (Fsp3) is 0.941. The van der Waals surface area contributed by atoms with Gasteiger partial charge in [0.05, 0.1) is 18.8 Å². The second-order valence-corrected chi connectivity index (χ2v) is 13.9. The van der Waals surface area contributed by atoms with Crippen LogP contribution in [-0.4, -0.2) is 45.6 Å². The molecule has 0 saturated carbocycles. The third kappa shape index (κ3) is 9.99. The fourth-order valence-corrected chi connectivity index (χ4v) is 4.05. The van der Waals surface area contributed by atoms with E-state index >= 15 is 0 Å². The maximum Gasteiger partial charge on any atom is 0.407 e. The Labute approximate surface area is 142 Å². The van der Waals surface area contributed by atoms with Gasteiger partial charge in [0.15, 0.2) is 0 Å². The molecule has 0 spiro atoms. The van der Waals surface area contributed by atoms with E-state index in [0.29, 0.717) is 31.3 Å². The molecule has 1 saturated heterocycles. The van der Waals surface area contributed by atoms with Crippen LogP contribution in [0.15, 0.2) is 0 Å². The minimum atomic E-state index is -1.11. The van der Waals surface area contributed by atoms with E-state index in [1.807, 2.05) is 0 Å². The van der Waals surface area contributed by atoms with Crippen LogP contribution >= 0.6 is 0 Å². The van der Waals surface area contributed by atoms with Crippen molar-refractivity contribution >= 4 is 14.2 Å². The summed E-state index contributed by atoms with van der Waals surface area (Å²) < 4.78 is 11.0. The summed E-state index contributed by atoms with van der Waals surface area (Å²) in [6.45, 7) is 12.2. The van der Waals surface area contributed by atoms with Crippen LogP contribution in [0.1, 0.15) is 39.5 Å². The Kier molecular flexibility index (Phi) is 8.57. The molecule has 3 N–H and O–H groups in total. The number of rotatable bonds is 8. The van der Waals surface area contributed by atoms with Gasteiger partial charge in [-0.25, -0.2) is 4.79 Å². The van der Waals surface area contributed by atoms with Gasteiger partial charge in [0, 0.05) is 20.7 Å². The number of ether oxygens (including phenoxy) is 2. The molecular formula is C17H36N2O3Si. The zero-order valence-electron chi connectivity index (χ0n) is 15.6. The molecular weight excluding hydrogens is 308 g/mol. The van der Waals surface area contributed by atoms with E-state index in [-0.39, 0.29) is 12.1 Å². The summed E-state index contributed by atoms with van der Waals surface area (Å²) in [5.74, 6) is 0.620. The number of carbonyl (C=O) groups excluding carboxylic acids is 1. The van der Waals surface area contributed by atoms with Crippen molar-refractivity contribution in [3.63, 3.8) is 0 Å². The van der Waals surface area contributed by atoms with Gasteiger partial charge >= 0.3 is 6.09 Å². The highest BCUT2D eigenvalue weighted by atomic mass is 28.3. The van der Waals surface area contributed by atoms with Crippen LogP contribution in [0.2, 0.25) is 25.7 Å². The predicted octanol–water partition coefficient (Wildman–Crippen LogP) is 3.36. The molecule has 0 bridgehead atoms. The molecule has 0 aromatic heterocycles. The Hall–Kier alpha value is -0.593. The summed E-state index contributed by atoms with van der Waals surface area (Å²) in [5.41, 5.74) is 6.19. The monoisotopic (exact) mass is 344 g/mol. The number of carbonyl (C=O) groups is 1. The first kappa shape index (κ1) is 20.5. The number of nitrogens with one attached hydrogen (secondary N) is 1. The summed E-state index contributed by atoms with van der Waals surface area (Å²) in [4.78, 5) is 11.6. The number of hydrogen-bond acceptors (Lipinski definition) is 4. The summed E-state index contributed by atoms with van der Waals surface area (Å²) in [5, 5.41) is 2.82. The van der Waals surface area contributed by atoms with Gasteiger partial charge in [-0.05, 0) is 51.5 Å². The van der Waals surface area contributed by atoms with Crippen molar-refractivity contribution in [3.05, 3.63) is 0 Å². The van der Waals surface area contributed by atoms with Crippen molar-refractivity contribution in [2.75, 3.05) is 13.2 Å². The molecule has 6 heteroatoms. The predicted molar refractivity (Wildman–Crippen MR) is 97.4 cm³/mol. The molecule has 0 aromatic rings. The molecule has 1 aliphatic heterocycles. The summed E-state index contributed by atoms with van der Waals surface area (Å²) in [6, 6.07) is 1.16. The van der Waals surface area contributed by atoms with Crippen LogP contribution in [0.5, 0.6) is 0 Å². The van der Waals surface area contributed by atoms with E-state index in [1.54, 1.807) is 0 Å². The molecule has 1 rings (SSSR count). The normalized spacial score (nSPS) is 26.6. The average Bonchev–Trinajstić information content (AvgIpc) is 2.35. The molecule has 0 radical (unpaired) electrons. The van der Waals surface area contributed by atoms with Crippen molar-refractivity contribution in [2.45, 2.75) is 83.5 Å². The maximum atomic E-state index is 11.6. The van der Waals surface area contributed by atoms with Crippen molar-refractivity contribution in [3.8, 4) is 0 Å². The Morgan fingerprint density at radius 3 is 2.48 bits per heavy atom. The van der Waals surface area contributed by atoms with Gasteiger partial charge in [0.25, 0.3) is 0 Å². The molecule has 0 aromatic carbocycles. The molecule has 1 heterocycles. The highest BCUT2D eigenvalue weighted by molar-refractivity contribution is 6.76. The summed E-state index contributed by atoms with van der Waals surface area (Å²) in [7, 11) is -1.11. The van der Waals surface area contributed by atoms with Gasteiger partial charge in [0.2, 0.25) is 0 Å². The number of nitrogens with two attached hydrogens (primary N) is 1. The lowest BCUT2D eigenvalue weighted by Gasteiger charge is -2.33. The molecule has 5 nitrogen and oxygen atoms in total. The quantitative estimate of drug-likeness (QED) is 0.662. The van der Waals surface area contributed by atoms with E-state index in [4.69, 9.17) is 15.2 Å². The Morgan fingerprint density at radius 1 is 1.30 bits per heavy atom. The van der Waals surface area contributed by atoms with Gasteiger partial charge in [0.1, 0.15) is 0 Å². The van der Waals surface area contributed by atoms with E-state index in [1.165, 1.54) is 0 Å². The van der Waals surface area contributed by atoms with Crippen LogP contribution in [-0.2, 0) is 9.47 Å². The first-order valence-corrected chi connectivity index (χ1v) is 12.7. The van der Waals surface area contributed by atoms with Gasteiger partial charge in [-0.2, -0.15) is 0 Å². The van der Waals surface area contributed by atoms with Crippen molar-refractivity contribution < 1.29 is 14.3 Å². The van der Waals surface area contributed by atoms with E-state index in [9.17, 15) is 4.79 Å². The second-order valence-electron chi connectivity index (χ2n) is 8.25. The molecule has 1 fully saturated rings. The summed E-state index contributed by atoms with van der Waals surface area (Å²) >= 11 is 0. The Bertz CT molecular complexity index is 350. The lowest BCUT2D eigenvalue weighted by Crippen LogP contribution is -2.34. The molecule has 136 valence electrons. The first-order chi connectivity index (χ1) is 10.7. The van der Waals surface area contributed by atoms with Gasteiger partial charge < -0.3 is 20.5 Å². The molecule has 3 unspecified atom stereocenters. The Morgan fingerprint density at radius 2 is 1.91 bits per heavy atom. The first-order valence-electron chi connectivity index (χ1n) is 8.97.